The van der Waals surface area contributed by atoms with Gasteiger partial charge in [-0.3, -0.25) is 4.79 Å². The van der Waals surface area contributed by atoms with Crippen molar-refractivity contribution < 1.29 is 15.0 Å². The molecule has 1 rings (SSSR count). The summed E-state index contributed by atoms with van der Waals surface area (Å²) >= 11 is 1.43. The lowest BCUT2D eigenvalue weighted by atomic mass is 10.0. The average molecular weight is 227 g/mol. The molecular weight excluding hydrogens is 214 g/mol. The van der Waals surface area contributed by atoms with Crippen molar-refractivity contribution in [1.29, 1.82) is 0 Å². The van der Waals surface area contributed by atoms with Crippen LogP contribution in [0.3, 0.4) is 0 Å². The highest BCUT2D eigenvalue weighted by Crippen LogP contribution is 2.33. The monoisotopic (exact) mass is 227 g/mol. The minimum absolute atomic E-state index is 0.0515. The number of carboxylic acid groups (broad SMARTS) is 1. The Labute approximate surface area is 92.1 Å². The van der Waals surface area contributed by atoms with Gasteiger partial charge in [0.25, 0.3) is 0 Å². The average Bonchev–Trinajstić information content (AvgIpc) is 2.15. The molecule has 0 fully saturated rings. The van der Waals surface area contributed by atoms with Gasteiger partial charge in [-0.15, -0.1) is 11.8 Å². The molecule has 15 heavy (non-hydrogen) atoms. The van der Waals surface area contributed by atoms with Crippen LogP contribution in [-0.2, 0) is 4.79 Å². The molecular formula is C10H13NO3S. The second-order valence-corrected chi connectivity index (χ2v) is 3.95. The summed E-state index contributed by atoms with van der Waals surface area (Å²) < 4.78 is 0. The molecule has 82 valence electrons. The van der Waals surface area contributed by atoms with Gasteiger partial charge in [0, 0.05) is 16.5 Å². The number of phenols is 1. The van der Waals surface area contributed by atoms with Crippen molar-refractivity contribution in [2.45, 2.75) is 17.4 Å². The van der Waals surface area contributed by atoms with Crippen LogP contribution in [0.2, 0.25) is 0 Å². The van der Waals surface area contributed by atoms with Crippen molar-refractivity contribution in [3.05, 3.63) is 23.8 Å². The fourth-order valence-electron chi connectivity index (χ4n) is 1.37. The van der Waals surface area contributed by atoms with Gasteiger partial charge < -0.3 is 15.9 Å². The van der Waals surface area contributed by atoms with Crippen LogP contribution in [0.25, 0.3) is 0 Å². The maximum Gasteiger partial charge on any atom is 0.305 e. The Hall–Kier alpha value is -1.20. The zero-order valence-electron chi connectivity index (χ0n) is 8.30. The number of carboxylic acids is 1. The first-order chi connectivity index (χ1) is 7.06. The summed E-state index contributed by atoms with van der Waals surface area (Å²) in [5.74, 6) is -0.923. The third kappa shape index (κ3) is 2.87. The van der Waals surface area contributed by atoms with E-state index in [9.17, 15) is 9.90 Å². The third-order valence-corrected chi connectivity index (χ3v) is 2.82. The van der Waals surface area contributed by atoms with E-state index in [-0.39, 0.29) is 12.2 Å². The fraction of sp³-hybridized carbons (Fsp3) is 0.300. The highest BCUT2D eigenvalue weighted by Gasteiger charge is 2.17. The van der Waals surface area contributed by atoms with Crippen molar-refractivity contribution in [3.8, 4) is 5.75 Å². The van der Waals surface area contributed by atoms with E-state index in [0.29, 0.717) is 5.56 Å². The Morgan fingerprint density at radius 2 is 2.27 bits per heavy atom. The highest BCUT2D eigenvalue weighted by atomic mass is 32.2. The summed E-state index contributed by atoms with van der Waals surface area (Å²) in [6.07, 6.45) is 1.66. The molecule has 0 amide bonds. The van der Waals surface area contributed by atoms with Gasteiger partial charge in [-0.05, 0) is 18.4 Å². The van der Waals surface area contributed by atoms with E-state index >= 15 is 0 Å². The van der Waals surface area contributed by atoms with Gasteiger partial charge in [0.15, 0.2) is 0 Å². The van der Waals surface area contributed by atoms with Crippen molar-refractivity contribution in [2.75, 3.05) is 6.26 Å². The minimum Gasteiger partial charge on any atom is -0.508 e. The summed E-state index contributed by atoms with van der Waals surface area (Å²) in [5, 5.41) is 18.3. The van der Waals surface area contributed by atoms with Crippen molar-refractivity contribution >= 4 is 17.7 Å². The molecule has 0 aliphatic heterocycles. The predicted octanol–water partition coefficient (Wildman–Crippen LogP) is 1.59. The van der Waals surface area contributed by atoms with Gasteiger partial charge in [0.1, 0.15) is 5.75 Å². The molecule has 0 saturated heterocycles. The Kier molecular flexibility index (Phi) is 3.99. The molecule has 0 aliphatic carbocycles. The van der Waals surface area contributed by atoms with Crippen LogP contribution in [-0.4, -0.2) is 22.4 Å². The van der Waals surface area contributed by atoms with Gasteiger partial charge in [-0.1, -0.05) is 6.07 Å². The molecule has 5 heteroatoms. The molecule has 0 bridgehead atoms. The summed E-state index contributed by atoms with van der Waals surface area (Å²) in [7, 11) is 0. The predicted molar refractivity (Wildman–Crippen MR) is 59.1 cm³/mol. The number of phenolic OH excluding ortho intramolecular Hbond substituents is 1. The zero-order chi connectivity index (χ0) is 11.4. The fourth-order valence-corrected chi connectivity index (χ4v) is 2.06. The van der Waals surface area contributed by atoms with Crippen LogP contribution in [0.5, 0.6) is 5.75 Å². The molecule has 0 saturated carbocycles. The molecule has 1 aromatic rings. The minimum atomic E-state index is -0.974. The molecule has 0 aromatic heterocycles. The van der Waals surface area contributed by atoms with E-state index in [1.54, 1.807) is 12.1 Å². The largest absolute Gasteiger partial charge is 0.508 e. The lowest BCUT2D eigenvalue weighted by molar-refractivity contribution is -0.137. The van der Waals surface area contributed by atoms with E-state index in [0.717, 1.165) is 4.90 Å². The molecule has 1 aromatic carbocycles. The third-order valence-electron chi connectivity index (χ3n) is 2.03. The van der Waals surface area contributed by atoms with Crippen LogP contribution >= 0.6 is 11.8 Å². The number of nitrogens with two attached hydrogens (primary N) is 1. The summed E-state index contributed by atoms with van der Waals surface area (Å²) in [6.45, 7) is 0. The topological polar surface area (TPSA) is 83.5 Å². The van der Waals surface area contributed by atoms with E-state index in [2.05, 4.69) is 0 Å². The van der Waals surface area contributed by atoms with Gasteiger partial charge in [-0.2, -0.15) is 0 Å². The van der Waals surface area contributed by atoms with E-state index in [1.807, 2.05) is 6.26 Å². The number of hydrogen-bond acceptors (Lipinski definition) is 4. The number of hydrogen-bond donors (Lipinski definition) is 3. The van der Waals surface area contributed by atoms with Gasteiger partial charge in [0.05, 0.1) is 6.42 Å². The Balaban J connectivity index is 3.05. The molecule has 0 spiro atoms. The van der Waals surface area contributed by atoms with E-state index in [4.69, 9.17) is 10.8 Å². The van der Waals surface area contributed by atoms with Gasteiger partial charge >= 0.3 is 5.97 Å². The first-order valence-corrected chi connectivity index (χ1v) is 5.62. The summed E-state index contributed by atoms with van der Waals surface area (Å²) in [5.41, 5.74) is 6.23. The first kappa shape index (κ1) is 11.9. The Morgan fingerprint density at radius 1 is 1.60 bits per heavy atom. The SMILES string of the molecule is CSc1cccc(O)c1C(N)CC(=O)O. The molecule has 4 nitrogen and oxygen atoms in total. The molecule has 1 unspecified atom stereocenters. The first-order valence-electron chi connectivity index (χ1n) is 4.39. The summed E-state index contributed by atoms with van der Waals surface area (Å²) in [6, 6.07) is 4.35. The molecule has 4 N–H and O–H groups in total. The number of benzene rings is 1. The van der Waals surface area contributed by atoms with Crippen LogP contribution in [0, 0.1) is 0 Å². The van der Waals surface area contributed by atoms with Crippen LogP contribution in [0.4, 0.5) is 0 Å². The van der Waals surface area contributed by atoms with Gasteiger partial charge in [-0.25, -0.2) is 0 Å². The van der Waals surface area contributed by atoms with Crippen LogP contribution in [0.15, 0.2) is 23.1 Å². The number of rotatable bonds is 4. The van der Waals surface area contributed by atoms with Crippen molar-refractivity contribution in [2.24, 2.45) is 5.73 Å². The van der Waals surface area contributed by atoms with Crippen LogP contribution in [0.1, 0.15) is 18.0 Å². The smallest absolute Gasteiger partial charge is 0.305 e. The maximum absolute atomic E-state index is 10.5. The molecule has 1 atom stereocenters. The Morgan fingerprint density at radius 3 is 2.80 bits per heavy atom. The molecule has 0 aliphatic rings. The standard InChI is InChI=1S/C10H13NO3S/c1-15-8-4-2-3-7(12)10(8)6(11)5-9(13)14/h2-4,6,12H,5,11H2,1H3,(H,13,14). The number of aromatic hydroxyl groups is 1. The quantitative estimate of drug-likeness (QED) is 0.680. The van der Waals surface area contributed by atoms with Crippen LogP contribution < -0.4 is 5.73 Å². The van der Waals surface area contributed by atoms with Crippen molar-refractivity contribution in [1.82, 2.24) is 0 Å². The lowest BCUT2D eigenvalue weighted by Gasteiger charge is -2.14. The zero-order valence-corrected chi connectivity index (χ0v) is 9.12. The summed E-state index contributed by atoms with van der Waals surface area (Å²) in [4.78, 5) is 11.3. The molecule has 0 radical (unpaired) electrons. The number of carbonyl (C=O) groups is 1. The lowest BCUT2D eigenvalue weighted by Crippen LogP contribution is -2.16. The maximum atomic E-state index is 10.5. The van der Waals surface area contributed by atoms with Gasteiger partial charge in [0.2, 0.25) is 0 Å². The number of thioether (sulfide) groups is 1. The normalized spacial score (nSPS) is 12.4. The van der Waals surface area contributed by atoms with E-state index < -0.39 is 12.0 Å². The second kappa shape index (κ2) is 5.04. The second-order valence-electron chi connectivity index (χ2n) is 3.10. The highest BCUT2D eigenvalue weighted by molar-refractivity contribution is 7.98. The Bertz CT molecular complexity index is 368. The molecule has 0 heterocycles. The van der Waals surface area contributed by atoms with E-state index in [1.165, 1.54) is 17.8 Å². The van der Waals surface area contributed by atoms with Crippen molar-refractivity contribution in [3.63, 3.8) is 0 Å². The number of aliphatic carboxylic acids is 1.